The molecule has 13 heavy (non-hydrogen) atoms. The molecule has 1 aromatic rings. The summed E-state index contributed by atoms with van der Waals surface area (Å²) in [6.07, 6.45) is 4.69. The lowest BCUT2D eigenvalue weighted by molar-refractivity contribution is -0.141. The van der Waals surface area contributed by atoms with E-state index in [1.54, 1.807) is 12.4 Å². The number of hydrogen-bond acceptors (Lipinski definition) is 2. The standard InChI is InChI=1S/C8H11BrN2O2/c1-2-3-7(8(12)13)11-5-6(9)4-10-11/h4-5,7H,2-3H2,1H3,(H,12,13). The third-order valence-electron chi connectivity index (χ3n) is 1.74. The van der Waals surface area contributed by atoms with Crippen LogP contribution in [0.4, 0.5) is 0 Å². The van der Waals surface area contributed by atoms with E-state index in [0.717, 1.165) is 10.9 Å². The van der Waals surface area contributed by atoms with E-state index >= 15 is 0 Å². The first kappa shape index (κ1) is 10.2. The molecule has 0 bridgehead atoms. The van der Waals surface area contributed by atoms with Gasteiger partial charge in [-0.15, -0.1) is 0 Å². The van der Waals surface area contributed by atoms with E-state index in [4.69, 9.17) is 5.11 Å². The molecule has 0 radical (unpaired) electrons. The first-order chi connectivity index (χ1) is 6.15. The van der Waals surface area contributed by atoms with Crippen molar-refractivity contribution in [3.63, 3.8) is 0 Å². The molecule has 1 unspecified atom stereocenters. The molecule has 0 saturated carbocycles. The number of nitrogens with zero attached hydrogens (tertiary/aromatic N) is 2. The molecule has 1 aromatic heterocycles. The van der Waals surface area contributed by atoms with Gasteiger partial charge in [0, 0.05) is 6.20 Å². The molecule has 0 aliphatic heterocycles. The molecular formula is C8H11BrN2O2. The summed E-state index contributed by atoms with van der Waals surface area (Å²) in [7, 11) is 0. The molecule has 0 fully saturated rings. The molecule has 0 aliphatic rings. The molecule has 0 spiro atoms. The highest BCUT2D eigenvalue weighted by Gasteiger charge is 2.18. The van der Waals surface area contributed by atoms with Crippen molar-refractivity contribution in [2.45, 2.75) is 25.8 Å². The molecule has 1 heterocycles. The monoisotopic (exact) mass is 246 g/mol. The largest absolute Gasteiger partial charge is 0.480 e. The van der Waals surface area contributed by atoms with Gasteiger partial charge in [0.1, 0.15) is 6.04 Å². The zero-order valence-electron chi connectivity index (χ0n) is 7.27. The fourth-order valence-corrected chi connectivity index (χ4v) is 1.43. The number of carboxylic acids is 1. The van der Waals surface area contributed by atoms with Gasteiger partial charge in [-0.05, 0) is 22.4 Å². The van der Waals surface area contributed by atoms with E-state index in [1.165, 1.54) is 4.68 Å². The smallest absolute Gasteiger partial charge is 0.328 e. The summed E-state index contributed by atoms with van der Waals surface area (Å²) in [5, 5.41) is 12.8. The van der Waals surface area contributed by atoms with Crippen LogP contribution in [-0.2, 0) is 4.79 Å². The van der Waals surface area contributed by atoms with Crippen molar-refractivity contribution in [2.75, 3.05) is 0 Å². The van der Waals surface area contributed by atoms with Gasteiger partial charge in [0.2, 0.25) is 0 Å². The summed E-state index contributed by atoms with van der Waals surface area (Å²) in [5.41, 5.74) is 0. The van der Waals surface area contributed by atoms with Gasteiger partial charge < -0.3 is 5.11 Å². The maximum absolute atomic E-state index is 10.8. The Morgan fingerprint density at radius 2 is 2.54 bits per heavy atom. The molecule has 1 rings (SSSR count). The van der Waals surface area contributed by atoms with Gasteiger partial charge in [0.15, 0.2) is 0 Å². The number of rotatable bonds is 4. The minimum absolute atomic E-state index is 0.545. The second kappa shape index (κ2) is 4.41. The number of carbonyl (C=O) groups is 1. The van der Waals surface area contributed by atoms with Gasteiger partial charge >= 0.3 is 5.97 Å². The van der Waals surface area contributed by atoms with Crippen molar-refractivity contribution >= 4 is 21.9 Å². The lowest BCUT2D eigenvalue weighted by Crippen LogP contribution is -2.19. The number of carboxylic acid groups (broad SMARTS) is 1. The Bertz CT molecular complexity index is 298. The number of aliphatic carboxylic acids is 1. The molecule has 0 aromatic carbocycles. The fraction of sp³-hybridized carbons (Fsp3) is 0.500. The Morgan fingerprint density at radius 1 is 1.85 bits per heavy atom. The summed E-state index contributed by atoms with van der Waals surface area (Å²) in [4.78, 5) is 10.8. The number of halogens is 1. The van der Waals surface area contributed by atoms with Crippen LogP contribution in [0.2, 0.25) is 0 Å². The van der Waals surface area contributed by atoms with Gasteiger partial charge in [-0.2, -0.15) is 5.10 Å². The maximum atomic E-state index is 10.8. The average Bonchev–Trinajstić information content (AvgIpc) is 2.46. The van der Waals surface area contributed by atoms with Crippen LogP contribution in [0, 0.1) is 0 Å². The molecule has 0 amide bonds. The van der Waals surface area contributed by atoms with E-state index < -0.39 is 12.0 Å². The molecule has 1 N–H and O–H groups in total. The van der Waals surface area contributed by atoms with Crippen LogP contribution in [-0.4, -0.2) is 20.9 Å². The minimum atomic E-state index is -0.836. The number of hydrogen-bond donors (Lipinski definition) is 1. The first-order valence-corrected chi connectivity index (χ1v) is 4.87. The van der Waals surface area contributed by atoms with Crippen LogP contribution in [0.5, 0.6) is 0 Å². The van der Waals surface area contributed by atoms with E-state index in [2.05, 4.69) is 21.0 Å². The van der Waals surface area contributed by atoms with E-state index in [0.29, 0.717) is 6.42 Å². The van der Waals surface area contributed by atoms with Crippen molar-refractivity contribution in [1.29, 1.82) is 0 Å². The van der Waals surface area contributed by atoms with Crippen molar-refractivity contribution in [1.82, 2.24) is 9.78 Å². The summed E-state index contributed by atoms with van der Waals surface area (Å²) in [6, 6.07) is -0.545. The number of aromatic nitrogens is 2. The molecule has 1 atom stereocenters. The van der Waals surface area contributed by atoms with Gasteiger partial charge in [0.25, 0.3) is 0 Å². The molecule has 72 valence electrons. The summed E-state index contributed by atoms with van der Waals surface area (Å²) in [5.74, 6) is -0.836. The zero-order chi connectivity index (χ0) is 9.84. The van der Waals surface area contributed by atoms with Crippen molar-refractivity contribution in [2.24, 2.45) is 0 Å². The van der Waals surface area contributed by atoms with Crippen LogP contribution < -0.4 is 0 Å². The highest BCUT2D eigenvalue weighted by Crippen LogP contribution is 2.16. The quantitative estimate of drug-likeness (QED) is 0.885. The molecule has 0 aliphatic carbocycles. The predicted octanol–water partition coefficient (Wildman–Crippen LogP) is 2.07. The van der Waals surface area contributed by atoms with Crippen LogP contribution in [0.1, 0.15) is 25.8 Å². The van der Waals surface area contributed by atoms with E-state index in [-0.39, 0.29) is 0 Å². The van der Waals surface area contributed by atoms with Gasteiger partial charge in [-0.25, -0.2) is 4.79 Å². The van der Waals surface area contributed by atoms with E-state index in [9.17, 15) is 4.79 Å². The molecular weight excluding hydrogens is 236 g/mol. The highest BCUT2D eigenvalue weighted by atomic mass is 79.9. The normalized spacial score (nSPS) is 12.8. The minimum Gasteiger partial charge on any atom is -0.480 e. The van der Waals surface area contributed by atoms with Crippen LogP contribution in [0.3, 0.4) is 0 Å². The average molecular weight is 247 g/mol. The maximum Gasteiger partial charge on any atom is 0.328 e. The van der Waals surface area contributed by atoms with Crippen molar-refractivity contribution in [3.05, 3.63) is 16.9 Å². The second-order valence-corrected chi connectivity index (χ2v) is 3.70. The Hall–Kier alpha value is -0.840. The third kappa shape index (κ3) is 2.55. The topological polar surface area (TPSA) is 55.1 Å². The summed E-state index contributed by atoms with van der Waals surface area (Å²) >= 11 is 3.22. The van der Waals surface area contributed by atoms with Crippen molar-refractivity contribution < 1.29 is 9.90 Å². The lowest BCUT2D eigenvalue weighted by Gasteiger charge is -2.10. The van der Waals surface area contributed by atoms with Gasteiger partial charge in [-0.1, -0.05) is 13.3 Å². The summed E-state index contributed by atoms with van der Waals surface area (Å²) in [6.45, 7) is 1.95. The zero-order valence-corrected chi connectivity index (χ0v) is 8.86. The van der Waals surface area contributed by atoms with Crippen molar-refractivity contribution in [3.8, 4) is 0 Å². The molecule has 5 heteroatoms. The second-order valence-electron chi connectivity index (χ2n) is 2.78. The van der Waals surface area contributed by atoms with E-state index in [1.807, 2.05) is 6.92 Å². The first-order valence-electron chi connectivity index (χ1n) is 4.07. The summed E-state index contributed by atoms with van der Waals surface area (Å²) < 4.78 is 2.27. The lowest BCUT2D eigenvalue weighted by atomic mass is 10.2. The van der Waals surface area contributed by atoms with Gasteiger partial charge in [-0.3, -0.25) is 4.68 Å². The Balaban J connectivity index is 2.81. The molecule has 0 saturated heterocycles. The van der Waals surface area contributed by atoms with Crippen LogP contribution in [0.15, 0.2) is 16.9 Å². The van der Waals surface area contributed by atoms with Gasteiger partial charge in [0.05, 0.1) is 10.7 Å². The molecule has 4 nitrogen and oxygen atoms in total. The SMILES string of the molecule is CCCC(C(=O)O)n1cc(Br)cn1. The predicted molar refractivity (Wildman–Crippen MR) is 51.5 cm³/mol. The third-order valence-corrected chi connectivity index (χ3v) is 2.15. The van der Waals surface area contributed by atoms with Crippen LogP contribution >= 0.6 is 15.9 Å². The fourth-order valence-electron chi connectivity index (χ4n) is 1.13. The Morgan fingerprint density at radius 3 is 2.92 bits per heavy atom. The Kier molecular flexibility index (Phi) is 3.48. The highest BCUT2D eigenvalue weighted by molar-refractivity contribution is 9.10. The Labute approximate surface area is 84.7 Å². The van der Waals surface area contributed by atoms with Crippen LogP contribution in [0.25, 0.3) is 0 Å².